The van der Waals surface area contributed by atoms with Gasteiger partial charge in [0.1, 0.15) is 11.6 Å². The zero-order chi connectivity index (χ0) is 14.0. The first-order valence-electron chi connectivity index (χ1n) is 5.70. The van der Waals surface area contributed by atoms with Gasteiger partial charge in [-0.15, -0.1) is 11.8 Å². The van der Waals surface area contributed by atoms with Crippen molar-refractivity contribution in [3.05, 3.63) is 29.8 Å². The molecular formula is C12H12F2N2O2S. The number of nitrogens with one attached hydrogen (secondary N) is 1. The Kier molecular flexibility index (Phi) is 4.04. The number of imide groups is 1. The molecule has 2 rings (SSSR count). The third-order valence-electron chi connectivity index (χ3n) is 2.67. The maximum absolute atomic E-state index is 13.5. The maximum atomic E-state index is 13.5. The van der Waals surface area contributed by atoms with Gasteiger partial charge >= 0.3 is 6.03 Å². The summed E-state index contributed by atoms with van der Waals surface area (Å²) in [6.45, 7) is 2.27. The second-order valence-corrected chi connectivity index (χ2v) is 5.44. The van der Waals surface area contributed by atoms with Crippen molar-refractivity contribution in [2.24, 2.45) is 0 Å². The van der Waals surface area contributed by atoms with E-state index in [9.17, 15) is 18.4 Å². The molecule has 7 heteroatoms. The van der Waals surface area contributed by atoms with Gasteiger partial charge in [0.05, 0.1) is 5.25 Å². The second-order valence-electron chi connectivity index (χ2n) is 4.06. The van der Waals surface area contributed by atoms with Gasteiger partial charge in [-0.05, 0) is 25.1 Å². The van der Waals surface area contributed by atoms with Crippen LogP contribution in [0.4, 0.5) is 13.6 Å². The standard InChI is InChI=1S/C12H12F2N2O2S/c1-7(11(17)16-5-4-15-12(16)18)19-10-6-8(13)2-3-9(10)14/h2-3,6-7H,4-5H2,1H3,(H,15,18)/t7-/m0/s1. The number of rotatable bonds is 3. The summed E-state index contributed by atoms with van der Waals surface area (Å²) in [4.78, 5) is 24.5. The summed E-state index contributed by atoms with van der Waals surface area (Å²) in [6.07, 6.45) is 0. The molecule has 102 valence electrons. The number of benzene rings is 1. The van der Waals surface area contributed by atoms with Crippen molar-refractivity contribution in [3.8, 4) is 0 Å². The maximum Gasteiger partial charge on any atom is 0.324 e. The van der Waals surface area contributed by atoms with E-state index in [4.69, 9.17) is 0 Å². The number of carbonyl (C=O) groups is 2. The predicted octanol–water partition coefficient (Wildman–Crippen LogP) is 2.00. The molecule has 0 radical (unpaired) electrons. The number of hydrogen-bond acceptors (Lipinski definition) is 3. The Morgan fingerprint density at radius 3 is 2.84 bits per heavy atom. The number of halogens is 2. The average Bonchev–Trinajstić information content (AvgIpc) is 2.79. The SMILES string of the molecule is C[C@H](Sc1cc(F)ccc1F)C(=O)N1CCNC1=O. The third kappa shape index (κ3) is 3.04. The fraction of sp³-hybridized carbons (Fsp3) is 0.333. The molecule has 0 aliphatic carbocycles. The summed E-state index contributed by atoms with van der Waals surface area (Å²) in [6, 6.07) is 2.61. The van der Waals surface area contributed by atoms with Gasteiger partial charge in [-0.3, -0.25) is 9.69 Å². The van der Waals surface area contributed by atoms with Gasteiger partial charge in [0.2, 0.25) is 5.91 Å². The van der Waals surface area contributed by atoms with E-state index in [1.165, 1.54) is 0 Å². The quantitative estimate of drug-likeness (QED) is 0.865. The Labute approximate surface area is 113 Å². The minimum Gasteiger partial charge on any atom is -0.336 e. The van der Waals surface area contributed by atoms with Gasteiger partial charge in [-0.25, -0.2) is 13.6 Å². The molecule has 0 bridgehead atoms. The lowest BCUT2D eigenvalue weighted by Gasteiger charge is -2.17. The molecule has 3 amide bonds. The molecule has 1 atom stereocenters. The highest BCUT2D eigenvalue weighted by atomic mass is 32.2. The lowest BCUT2D eigenvalue weighted by atomic mass is 10.3. The predicted molar refractivity (Wildman–Crippen MR) is 66.8 cm³/mol. The number of urea groups is 1. The van der Waals surface area contributed by atoms with Crippen LogP contribution in [0.15, 0.2) is 23.1 Å². The number of hydrogen-bond donors (Lipinski definition) is 1. The molecule has 1 N–H and O–H groups in total. The second kappa shape index (κ2) is 5.56. The summed E-state index contributed by atoms with van der Waals surface area (Å²) in [5.74, 6) is -1.57. The first kappa shape index (κ1) is 13.8. The van der Waals surface area contributed by atoms with Crippen molar-refractivity contribution in [2.75, 3.05) is 13.1 Å². The first-order valence-corrected chi connectivity index (χ1v) is 6.58. The van der Waals surface area contributed by atoms with Gasteiger partial charge in [0, 0.05) is 18.0 Å². The lowest BCUT2D eigenvalue weighted by molar-refractivity contribution is -0.126. The van der Waals surface area contributed by atoms with E-state index in [2.05, 4.69) is 5.32 Å². The van der Waals surface area contributed by atoms with Crippen LogP contribution < -0.4 is 5.32 Å². The molecule has 1 heterocycles. The number of nitrogens with zero attached hydrogens (tertiary/aromatic N) is 1. The number of carbonyl (C=O) groups excluding carboxylic acids is 2. The van der Waals surface area contributed by atoms with Crippen LogP contribution in [0.2, 0.25) is 0 Å². The van der Waals surface area contributed by atoms with Crippen molar-refractivity contribution >= 4 is 23.7 Å². The molecule has 0 unspecified atom stereocenters. The smallest absolute Gasteiger partial charge is 0.324 e. The summed E-state index contributed by atoms with van der Waals surface area (Å²) < 4.78 is 26.5. The van der Waals surface area contributed by atoms with Gasteiger partial charge in [-0.1, -0.05) is 0 Å². The van der Waals surface area contributed by atoms with Crippen LogP contribution in [0.3, 0.4) is 0 Å². The van der Waals surface area contributed by atoms with Crippen LogP contribution >= 0.6 is 11.8 Å². The van der Waals surface area contributed by atoms with Crippen LogP contribution in [0, 0.1) is 11.6 Å². The third-order valence-corrected chi connectivity index (χ3v) is 3.79. The molecule has 0 spiro atoms. The van der Waals surface area contributed by atoms with Crippen LogP contribution in [0.25, 0.3) is 0 Å². The molecule has 19 heavy (non-hydrogen) atoms. The van der Waals surface area contributed by atoms with Crippen molar-refractivity contribution < 1.29 is 18.4 Å². The minimum absolute atomic E-state index is 0.0560. The van der Waals surface area contributed by atoms with Gasteiger partial charge in [0.15, 0.2) is 0 Å². The van der Waals surface area contributed by atoms with E-state index in [0.717, 1.165) is 34.9 Å². The lowest BCUT2D eigenvalue weighted by Crippen LogP contribution is -2.38. The minimum atomic E-state index is -0.667. The summed E-state index contributed by atoms with van der Waals surface area (Å²) in [5, 5.41) is 1.85. The Balaban J connectivity index is 2.08. The van der Waals surface area contributed by atoms with Crippen LogP contribution in [-0.4, -0.2) is 35.2 Å². The fourth-order valence-electron chi connectivity index (χ4n) is 1.71. The van der Waals surface area contributed by atoms with E-state index in [1.807, 2.05) is 0 Å². The topological polar surface area (TPSA) is 49.4 Å². The highest BCUT2D eigenvalue weighted by Gasteiger charge is 2.30. The number of amides is 3. The molecule has 1 fully saturated rings. The van der Waals surface area contributed by atoms with Gasteiger partial charge in [-0.2, -0.15) is 0 Å². The molecule has 1 aromatic rings. The monoisotopic (exact) mass is 286 g/mol. The van der Waals surface area contributed by atoms with Crippen LogP contribution in [-0.2, 0) is 4.79 Å². The molecule has 0 aromatic heterocycles. The van der Waals surface area contributed by atoms with Crippen LogP contribution in [0.5, 0.6) is 0 Å². The zero-order valence-electron chi connectivity index (χ0n) is 10.2. The van der Waals surface area contributed by atoms with Crippen molar-refractivity contribution in [2.45, 2.75) is 17.1 Å². The fourth-order valence-corrected chi connectivity index (χ4v) is 2.68. The molecule has 4 nitrogen and oxygen atoms in total. The molecule has 1 aromatic carbocycles. The highest BCUT2D eigenvalue weighted by molar-refractivity contribution is 8.00. The molecular weight excluding hydrogens is 274 g/mol. The van der Waals surface area contributed by atoms with Gasteiger partial charge < -0.3 is 5.32 Å². The molecule has 1 aliphatic heterocycles. The summed E-state index contributed by atoms with van der Waals surface area (Å²) >= 11 is 0.895. The van der Waals surface area contributed by atoms with Crippen molar-refractivity contribution in [1.82, 2.24) is 10.2 Å². The molecule has 1 saturated heterocycles. The Morgan fingerprint density at radius 1 is 1.47 bits per heavy atom. The normalized spacial score (nSPS) is 16.4. The van der Waals surface area contributed by atoms with Crippen LogP contribution in [0.1, 0.15) is 6.92 Å². The Bertz CT molecular complexity index is 524. The Morgan fingerprint density at radius 2 is 2.21 bits per heavy atom. The van der Waals surface area contributed by atoms with E-state index in [1.54, 1.807) is 6.92 Å². The van der Waals surface area contributed by atoms with E-state index in [-0.39, 0.29) is 4.90 Å². The van der Waals surface area contributed by atoms with Crippen molar-refractivity contribution in [1.29, 1.82) is 0 Å². The highest BCUT2D eigenvalue weighted by Crippen LogP contribution is 2.28. The summed E-state index contributed by atoms with van der Waals surface area (Å²) in [5.41, 5.74) is 0. The molecule has 1 aliphatic rings. The van der Waals surface area contributed by atoms with Gasteiger partial charge in [0.25, 0.3) is 0 Å². The first-order chi connectivity index (χ1) is 8.99. The zero-order valence-corrected chi connectivity index (χ0v) is 11.0. The molecule has 0 saturated carbocycles. The van der Waals surface area contributed by atoms with E-state index < -0.39 is 28.8 Å². The van der Waals surface area contributed by atoms with E-state index >= 15 is 0 Å². The van der Waals surface area contributed by atoms with Crippen molar-refractivity contribution in [3.63, 3.8) is 0 Å². The average molecular weight is 286 g/mol. The summed E-state index contributed by atoms with van der Waals surface area (Å²) in [7, 11) is 0. The largest absolute Gasteiger partial charge is 0.336 e. The Hall–Kier alpha value is -1.63. The number of thioether (sulfide) groups is 1. The van der Waals surface area contributed by atoms with E-state index in [0.29, 0.717) is 13.1 Å².